The molecule has 0 unspecified atom stereocenters. The fourth-order valence-corrected chi connectivity index (χ4v) is 3.30. The van der Waals surface area contributed by atoms with Crippen LogP contribution in [-0.4, -0.2) is 54.9 Å². The quantitative estimate of drug-likeness (QED) is 0.750. The van der Waals surface area contributed by atoms with Gasteiger partial charge in [-0.15, -0.1) is 0 Å². The van der Waals surface area contributed by atoms with Gasteiger partial charge in [0, 0.05) is 24.4 Å². The average molecular weight is 328 g/mol. The highest BCUT2D eigenvalue weighted by Crippen LogP contribution is 2.37. The van der Waals surface area contributed by atoms with E-state index >= 15 is 0 Å². The van der Waals surface area contributed by atoms with Crippen LogP contribution in [0.2, 0.25) is 0 Å². The summed E-state index contributed by atoms with van der Waals surface area (Å²) in [6, 6.07) is 0.811. The highest BCUT2D eigenvalue weighted by Gasteiger charge is 2.41. The summed E-state index contributed by atoms with van der Waals surface area (Å²) in [7, 11) is 0. The lowest BCUT2D eigenvalue weighted by molar-refractivity contribution is -0.183. The molecule has 5 nitrogen and oxygen atoms in total. The topological polar surface area (TPSA) is 64.8 Å². The second-order valence-electron chi connectivity index (χ2n) is 7.68. The Morgan fingerprint density at radius 2 is 1.48 bits per heavy atom. The van der Waals surface area contributed by atoms with Crippen molar-refractivity contribution >= 4 is 6.29 Å². The van der Waals surface area contributed by atoms with Crippen LogP contribution in [0.5, 0.6) is 0 Å². The van der Waals surface area contributed by atoms with E-state index in [4.69, 9.17) is 20.0 Å². The number of nitrogens with two attached hydrogens (primary N) is 1. The molecular weight excluding hydrogens is 292 g/mol. The van der Waals surface area contributed by atoms with E-state index < -0.39 is 0 Å². The minimum absolute atomic E-state index is 0. The molecule has 0 aromatic rings. The van der Waals surface area contributed by atoms with Crippen molar-refractivity contribution in [2.45, 2.75) is 83.6 Å². The summed E-state index contributed by atoms with van der Waals surface area (Å²) in [6.45, 7) is 11.6. The molecule has 3 rings (SSSR count). The van der Waals surface area contributed by atoms with Crippen molar-refractivity contribution in [2.75, 3.05) is 26.3 Å². The molecule has 0 atom stereocenters. The van der Waals surface area contributed by atoms with Crippen molar-refractivity contribution in [1.29, 1.82) is 0 Å². The van der Waals surface area contributed by atoms with Gasteiger partial charge < -0.3 is 24.9 Å². The summed E-state index contributed by atoms with van der Waals surface area (Å²) in [5.74, 6) is -0.170. The number of hydrogen-bond donors (Lipinski definition) is 1. The summed E-state index contributed by atoms with van der Waals surface area (Å²) in [5.41, 5.74) is 5.35. The molecule has 136 valence electrons. The standard InChI is InChI=1S/C12H21NO2.C4H11N.C2H4O/c1-2-8-13(7-1)11-3-5-12(6-4-11)14-9-10-15-12;1-4(2,3)5;1-2-3/h11H,1-10H2;5H2,1-3H3;2H,1H3. The fraction of sp³-hybridized carbons (Fsp3) is 0.944. The number of rotatable bonds is 1. The fourth-order valence-electron chi connectivity index (χ4n) is 3.30. The van der Waals surface area contributed by atoms with E-state index in [9.17, 15) is 0 Å². The van der Waals surface area contributed by atoms with Gasteiger partial charge in [0.2, 0.25) is 0 Å². The molecule has 2 saturated heterocycles. The predicted octanol–water partition coefficient (Wildman–Crippen LogP) is 2.72. The number of aldehydes is 1. The Balaban J connectivity index is 0.000000281. The maximum atomic E-state index is 8.81. The SMILES string of the molecule is C1CCN(C2CCC3(CC2)OCCO3)C1.CC(C)(C)N.CC=O. The Hall–Kier alpha value is -0.490. The molecule has 1 aliphatic carbocycles. The van der Waals surface area contributed by atoms with Gasteiger partial charge in [-0.3, -0.25) is 0 Å². The zero-order valence-electron chi connectivity index (χ0n) is 15.5. The molecule has 0 amide bonds. The van der Waals surface area contributed by atoms with Crippen LogP contribution >= 0.6 is 0 Å². The number of nitrogens with zero attached hydrogens (tertiary/aromatic N) is 1. The van der Waals surface area contributed by atoms with Crippen LogP contribution in [0, 0.1) is 0 Å². The second-order valence-corrected chi connectivity index (χ2v) is 7.68. The van der Waals surface area contributed by atoms with Crippen molar-refractivity contribution in [2.24, 2.45) is 5.73 Å². The minimum Gasteiger partial charge on any atom is -0.348 e. The molecular formula is C18H36N2O3. The van der Waals surface area contributed by atoms with E-state index in [1.165, 1.54) is 45.7 Å². The summed E-state index contributed by atoms with van der Waals surface area (Å²) < 4.78 is 11.5. The van der Waals surface area contributed by atoms with E-state index in [0.717, 1.165) is 38.4 Å². The molecule has 3 aliphatic rings. The van der Waals surface area contributed by atoms with Crippen LogP contribution in [0.25, 0.3) is 0 Å². The van der Waals surface area contributed by atoms with Gasteiger partial charge in [-0.1, -0.05) is 0 Å². The number of ether oxygens (including phenoxy) is 2. The lowest BCUT2D eigenvalue weighted by Crippen LogP contribution is -2.43. The molecule has 0 aromatic carbocycles. The number of carbonyl (C=O) groups is 1. The first-order valence-corrected chi connectivity index (χ1v) is 9.00. The Morgan fingerprint density at radius 3 is 1.87 bits per heavy atom. The van der Waals surface area contributed by atoms with Gasteiger partial charge in [-0.25, -0.2) is 0 Å². The van der Waals surface area contributed by atoms with Gasteiger partial charge in [0.15, 0.2) is 5.79 Å². The number of carbonyl (C=O) groups excluding carboxylic acids is 1. The Labute approximate surface area is 141 Å². The minimum atomic E-state index is -0.170. The highest BCUT2D eigenvalue weighted by molar-refractivity contribution is 5.44. The van der Waals surface area contributed by atoms with Crippen molar-refractivity contribution in [3.8, 4) is 0 Å². The van der Waals surface area contributed by atoms with E-state index in [1.54, 1.807) is 0 Å². The largest absolute Gasteiger partial charge is 0.348 e. The zero-order valence-corrected chi connectivity index (χ0v) is 15.5. The third-order valence-corrected chi connectivity index (χ3v) is 4.19. The van der Waals surface area contributed by atoms with Gasteiger partial charge in [0.1, 0.15) is 6.29 Å². The van der Waals surface area contributed by atoms with Gasteiger partial charge in [-0.05, 0) is 66.5 Å². The normalized spacial score (nSPS) is 24.6. The van der Waals surface area contributed by atoms with Crippen molar-refractivity contribution in [1.82, 2.24) is 4.90 Å². The molecule has 1 saturated carbocycles. The van der Waals surface area contributed by atoms with Gasteiger partial charge in [0.25, 0.3) is 0 Å². The Bertz CT molecular complexity index is 314. The van der Waals surface area contributed by atoms with E-state index in [-0.39, 0.29) is 11.3 Å². The first kappa shape index (κ1) is 20.6. The van der Waals surface area contributed by atoms with Crippen LogP contribution in [0.1, 0.15) is 66.2 Å². The van der Waals surface area contributed by atoms with Crippen LogP contribution in [0.3, 0.4) is 0 Å². The molecule has 0 radical (unpaired) electrons. The van der Waals surface area contributed by atoms with Crippen molar-refractivity contribution in [3.63, 3.8) is 0 Å². The second kappa shape index (κ2) is 9.72. The maximum absolute atomic E-state index is 8.81. The molecule has 0 bridgehead atoms. The zero-order chi connectivity index (χ0) is 17.3. The predicted molar refractivity (Wildman–Crippen MR) is 93.4 cm³/mol. The number of likely N-dealkylation sites (tertiary alicyclic amines) is 1. The van der Waals surface area contributed by atoms with E-state index in [1.807, 2.05) is 20.8 Å². The molecule has 0 aromatic heterocycles. The molecule has 2 heterocycles. The third-order valence-electron chi connectivity index (χ3n) is 4.19. The Morgan fingerprint density at radius 1 is 1.09 bits per heavy atom. The van der Waals surface area contributed by atoms with Crippen LogP contribution in [-0.2, 0) is 14.3 Å². The lowest BCUT2D eigenvalue weighted by Gasteiger charge is -2.38. The van der Waals surface area contributed by atoms with Crippen LogP contribution in [0.4, 0.5) is 0 Å². The van der Waals surface area contributed by atoms with Crippen LogP contribution in [0.15, 0.2) is 0 Å². The van der Waals surface area contributed by atoms with Crippen molar-refractivity contribution < 1.29 is 14.3 Å². The van der Waals surface area contributed by atoms with E-state index in [0.29, 0.717) is 0 Å². The lowest BCUT2D eigenvalue weighted by atomic mass is 9.89. The molecule has 2 N–H and O–H groups in total. The van der Waals surface area contributed by atoms with Gasteiger partial charge in [0.05, 0.1) is 13.2 Å². The molecule has 3 fully saturated rings. The monoisotopic (exact) mass is 328 g/mol. The third kappa shape index (κ3) is 8.25. The summed E-state index contributed by atoms with van der Waals surface area (Å²) in [6.07, 6.45) is 8.28. The smallest absolute Gasteiger partial charge is 0.168 e. The summed E-state index contributed by atoms with van der Waals surface area (Å²) in [4.78, 5) is 11.5. The Kier molecular flexibility index (Phi) is 8.69. The maximum Gasteiger partial charge on any atom is 0.168 e. The highest BCUT2D eigenvalue weighted by atomic mass is 16.7. The first-order valence-electron chi connectivity index (χ1n) is 9.00. The number of hydrogen-bond acceptors (Lipinski definition) is 5. The van der Waals surface area contributed by atoms with Crippen LogP contribution < -0.4 is 5.73 Å². The molecule has 1 spiro atoms. The molecule has 2 aliphatic heterocycles. The molecule has 5 heteroatoms. The summed E-state index contributed by atoms with van der Waals surface area (Å²) >= 11 is 0. The van der Waals surface area contributed by atoms with E-state index in [2.05, 4.69) is 4.90 Å². The van der Waals surface area contributed by atoms with Crippen molar-refractivity contribution in [3.05, 3.63) is 0 Å². The average Bonchev–Trinajstić information content (AvgIpc) is 3.11. The van der Waals surface area contributed by atoms with Gasteiger partial charge in [-0.2, -0.15) is 0 Å². The first-order chi connectivity index (χ1) is 10.8. The van der Waals surface area contributed by atoms with Gasteiger partial charge >= 0.3 is 0 Å². The summed E-state index contributed by atoms with van der Waals surface area (Å²) in [5, 5.41) is 0. The molecule has 23 heavy (non-hydrogen) atoms.